The van der Waals surface area contributed by atoms with Crippen LogP contribution in [0, 0.1) is 12.7 Å². The third-order valence-corrected chi connectivity index (χ3v) is 5.02. The van der Waals surface area contributed by atoms with Gasteiger partial charge in [0.05, 0.1) is 6.04 Å². The molecule has 1 amide bonds. The van der Waals surface area contributed by atoms with Crippen LogP contribution >= 0.6 is 15.9 Å². The molecule has 2 heterocycles. The van der Waals surface area contributed by atoms with Crippen molar-refractivity contribution in [1.29, 1.82) is 0 Å². The van der Waals surface area contributed by atoms with Crippen LogP contribution in [0.3, 0.4) is 0 Å². The number of halogens is 2. The van der Waals surface area contributed by atoms with Crippen LogP contribution in [0.25, 0.3) is 0 Å². The number of aryl methyl sites for hydroxylation is 1. The van der Waals surface area contributed by atoms with Gasteiger partial charge in [0, 0.05) is 16.5 Å². The van der Waals surface area contributed by atoms with E-state index in [0.29, 0.717) is 23.5 Å². The minimum absolute atomic E-state index is 0.254. The molecule has 0 saturated heterocycles. The van der Waals surface area contributed by atoms with Crippen LogP contribution in [0.15, 0.2) is 74.7 Å². The molecular formula is C21H16BrFN2O2. The van der Waals surface area contributed by atoms with Crippen LogP contribution in [0.4, 0.5) is 4.39 Å². The van der Waals surface area contributed by atoms with Gasteiger partial charge in [-0.1, -0.05) is 28.1 Å². The molecule has 6 heteroatoms. The molecule has 1 unspecified atom stereocenters. The van der Waals surface area contributed by atoms with Crippen LogP contribution < -0.4 is 0 Å². The Hall–Kier alpha value is -2.73. The lowest BCUT2D eigenvalue weighted by Crippen LogP contribution is -2.27. The van der Waals surface area contributed by atoms with Crippen molar-refractivity contribution in [3.8, 4) is 0 Å². The van der Waals surface area contributed by atoms with Crippen molar-refractivity contribution < 1.29 is 13.6 Å². The monoisotopic (exact) mass is 426 g/mol. The van der Waals surface area contributed by atoms with E-state index in [1.165, 1.54) is 29.3 Å². The average Bonchev–Trinajstić information content (AvgIpc) is 3.29. The van der Waals surface area contributed by atoms with Crippen LogP contribution in [-0.4, -0.2) is 16.6 Å². The van der Waals surface area contributed by atoms with E-state index >= 15 is 0 Å². The Morgan fingerprint density at radius 1 is 1.11 bits per heavy atom. The summed E-state index contributed by atoms with van der Waals surface area (Å²) in [5.74, 6) is 0.786. The fraction of sp³-hybridized carbons (Fsp3) is 0.143. The SMILES string of the molecule is Cc1ccc(C2=NN(C(=O)c3ccc(F)cc3)C(c3ccc(Br)cc3)C2)o1. The van der Waals surface area contributed by atoms with Gasteiger partial charge in [-0.15, -0.1) is 0 Å². The fourth-order valence-electron chi connectivity index (χ4n) is 3.11. The van der Waals surface area contributed by atoms with Crippen molar-refractivity contribution in [1.82, 2.24) is 5.01 Å². The maximum absolute atomic E-state index is 13.2. The first-order valence-electron chi connectivity index (χ1n) is 8.50. The summed E-state index contributed by atoms with van der Waals surface area (Å²) in [6.45, 7) is 1.87. The molecule has 0 radical (unpaired) electrons. The summed E-state index contributed by atoms with van der Waals surface area (Å²) in [5.41, 5.74) is 2.07. The summed E-state index contributed by atoms with van der Waals surface area (Å²) in [7, 11) is 0. The number of benzene rings is 2. The highest BCUT2D eigenvalue weighted by atomic mass is 79.9. The molecule has 1 atom stereocenters. The predicted octanol–water partition coefficient (Wildman–Crippen LogP) is 5.48. The number of furan rings is 1. The third kappa shape index (κ3) is 3.57. The molecule has 1 aliphatic heterocycles. The second-order valence-corrected chi connectivity index (χ2v) is 7.30. The molecule has 2 aromatic carbocycles. The van der Waals surface area contributed by atoms with Crippen molar-refractivity contribution in [3.63, 3.8) is 0 Å². The van der Waals surface area contributed by atoms with E-state index in [9.17, 15) is 9.18 Å². The summed E-state index contributed by atoms with van der Waals surface area (Å²) in [6.07, 6.45) is 0.543. The van der Waals surface area contributed by atoms with E-state index in [0.717, 1.165) is 15.8 Å². The standard InChI is InChI=1S/C21H16BrFN2O2/c1-13-2-11-20(27-13)18-12-19(14-3-7-16(22)8-4-14)25(24-18)21(26)15-5-9-17(23)10-6-15/h2-11,19H,12H2,1H3. The first kappa shape index (κ1) is 17.7. The zero-order chi connectivity index (χ0) is 19.0. The summed E-state index contributed by atoms with van der Waals surface area (Å²) < 4.78 is 19.9. The van der Waals surface area contributed by atoms with Crippen LogP contribution in [0.1, 0.15) is 39.9 Å². The maximum atomic E-state index is 13.2. The number of carbonyl (C=O) groups excluding carboxylic acids is 1. The fourth-order valence-corrected chi connectivity index (χ4v) is 3.37. The first-order chi connectivity index (χ1) is 13.0. The van der Waals surface area contributed by atoms with Crippen LogP contribution in [0.5, 0.6) is 0 Å². The number of carbonyl (C=O) groups is 1. The largest absolute Gasteiger partial charge is 0.460 e. The second-order valence-electron chi connectivity index (χ2n) is 6.39. The maximum Gasteiger partial charge on any atom is 0.274 e. The van der Waals surface area contributed by atoms with E-state index < -0.39 is 0 Å². The smallest absolute Gasteiger partial charge is 0.274 e. The summed E-state index contributed by atoms with van der Waals surface area (Å²) in [4.78, 5) is 13.0. The molecule has 4 rings (SSSR count). The molecule has 0 fully saturated rings. The number of nitrogens with zero attached hydrogens (tertiary/aromatic N) is 2. The van der Waals surface area contributed by atoms with E-state index in [4.69, 9.17) is 4.42 Å². The molecule has 1 aliphatic rings. The minimum atomic E-state index is -0.382. The lowest BCUT2D eigenvalue weighted by molar-refractivity contribution is 0.0711. The Morgan fingerprint density at radius 2 is 1.81 bits per heavy atom. The summed E-state index contributed by atoms with van der Waals surface area (Å²) >= 11 is 3.43. The molecular weight excluding hydrogens is 411 g/mol. The van der Waals surface area contributed by atoms with Crippen molar-refractivity contribution in [2.45, 2.75) is 19.4 Å². The Morgan fingerprint density at radius 3 is 2.44 bits per heavy atom. The Labute approximate surface area is 164 Å². The molecule has 27 heavy (non-hydrogen) atoms. The highest BCUT2D eigenvalue weighted by Gasteiger charge is 2.34. The van der Waals surface area contributed by atoms with Gasteiger partial charge in [-0.3, -0.25) is 4.79 Å². The lowest BCUT2D eigenvalue weighted by Gasteiger charge is -2.22. The Kier molecular flexibility index (Phi) is 4.66. The Balaban J connectivity index is 1.72. The summed E-state index contributed by atoms with van der Waals surface area (Å²) in [5, 5.41) is 6.01. The predicted molar refractivity (Wildman–Crippen MR) is 104 cm³/mol. The molecule has 0 aliphatic carbocycles. The molecule has 136 valence electrons. The topological polar surface area (TPSA) is 45.8 Å². The third-order valence-electron chi connectivity index (χ3n) is 4.49. The van der Waals surface area contributed by atoms with E-state index in [1.54, 1.807) is 0 Å². The van der Waals surface area contributed by atoms with Crippen molar-refractivity contribution >= 4 is 27.5 Å². The van der Waals surface area contributed by atoms with Gasteiger partial charge in [-0.2, -0.15) is 5.10 Å². The molecule has 0 bridgehead atoms. The highest BCUT2D eigenvalue weighted by molar-refractivity contribution is 9.10. The lowest BCUT2D eigenvalue weighted by atomic mass is 10.0. The van der Waals surface area contributed by atoms with Crippen molar-refractivity contribution in [3.05, 3.63) is 93.6 Å². The van der Waals surface area contributed by atoms with Gasteiger partial charge < -0.3 is 4.42 Å². The zero-order valence-electron chi connectivity index (χ0n) is 14.5. The van der Waals surface area contributed by atoms with E-state index in [1.807, 2.05) is 43.3 Å². The van der Waals surface area contributed by atoms with Crippen molar-refractivity contribution in [2.24, 2.45) is 5.10 Å². The van der Waals surface area contributed by atoms with Gasteiger partial charge in [0.25, 0.3) is 5.91 Å². The minimum Gasteiger partial charge on any atom is -0.460 e. The molecule has 0 spiro atoms. The van der Waals surface area contributed by atoms with E-state index in [2.05, 4.69) is 21.0 Å². The number of rotatable bonds is 3. The number of amides is 1. The second kappa shape index (κ2) is 7.12. The normalized spacial score (nSPS) is 16.5. The number of hydrogen-bond donors (Lipinski definition) is 0. The van der Waals surface area contributed by atoms with Gasteiger partial charge in [-0.05, 0) is 61.0 Å². The molecule has 3 aromatic rings. The van der Waals surface area contributed by atoms with Gasteiger partial charge in [0.2, 0.25) is 0 Å². The highest BCUT2D eigenvalue weighted by Crippen LogP contribution is 2.34. The molecule has 0 saturated carbocycles. The Bertz CT molecular complexity index is 1010. The summed E-state index contributed by atoms with van der Waals surface area (Å²) in [6, 6.07) is 16.8. The first-order valence-corrected chi connectivity index (χ1v) is 9.29. The van der Waals surface area contributed by atoms with Gasteiger partial charge in [-0.25, -0.2) is 9.40 Å². The molecule has 0 N–H and O–H groups in total. The van der Waals surface area contributed by atoms with Gasteiger partial charge in [0.1, 0.15) is 23.0 Å². The average molecular weight is 427 g/mol. The van der Waals surface area contributed by atoms with Gasteiger partial charge in [0.15, 0.2) is 0 Å². The van der Waals surface area contributed by atoms with Crippen LogP contribution in [-0.2, 0) is 0 Å². The van der Waals surface area contributed by atoms with E-state index in [-0.39, 0.29) is 17.8 Å². The van der Waals surface area contributed by atoms with Crippen LogP contribution in [0.2, 0.25) is 0 Å². The quantitative estimate of drug-likeness (QED) is 0.556. The number of hydrazone groups is 1. The zero-order valence-corrected chi connectivity index (χ0v) is 16.1. The molecule has 4 nitrogen and oxygen atoms in total. The van der Waals surface area contributed by atoms with Crippen molar-refractivity contribution in [2.75, 3.05) is 0 Å². The molecule has 1 aromatic heterocycles. The van der Waals surface area contributed by atoms with Gasteiger partial charge >= 0.3 is 0 Å². The number of hydrogen-bond acceptors (Lipinski definition) is 3.